The van der Waals surface area contributed by atoms with Gasteiger partial charge < -0.3 is 16.4 Å². The first kappa shape index (κ1) is 16.3. The van der Waals surface area contributed by atoms with E-state index in [0.717, 1.165) is 36.5 Å². The number of anilines is 2. The molecule has 0 aliphatic rings. The van der Waals surface area contributed by atoms with Crippen LogP contribution in [0.3, 0.4) is 0 Å². The molecule has 4 N–H and O–H groups in total. The summed E-state index contributed by atoms with van der Waals surface area (Å²) in [6.07, 6.45) is 3.74. The number of nitrogens with zero attached hydrogens (tertiary/aromatic N) is 1. The molecule has 1 aromatic heterocycles. The summed E-state index contributed by atoms with van der Waals surface area (Å²) in [7, 11) is 0. The first-order chi connectivity index (χ1) is 10.7. The lowest BCUT2D eigenvalue weighted by Crippen LogP contribution is -2.37. The zero-order valence-electron chi connectivity index (χ0n) is 13.5. The van der Waals surface area contributed by atoms with Gasteiger partial charge in [0.2, 0.25) is 0 Å². The van der Waals surface area contributed by atoms with Crippen LogP contribution in [0.5, 0.6) is 0 Å². The van der Waals surface area contributed by atoms with Crippen LogP contribution in [0.1, 0.15) is 26.0 Å². The van der Waals surface area contributed by atoms with Crippen molar-refractivity contribution >= 4 is 11.4 Å². The topological polar surface area (TPSA) is 63.0 Å². The SMILES string of the molecule is CCC(C)(Cc1ccccn1)Nc1ccccc1NCCN. The Hall–Kier alpha value is -2.07. The molecule has 0 amide bonds. The Kier molecular flexibility index (Phi) is 5.78. The van der Waals surface area contributed by atoms with Crippen molar-refractivity contribution in [2.75, 3.05) is 23.7 Å². The molecular formula is C18H26N4. The van der Waals surface area contributed by atoms with Gasteiger partial charge in [0.15, 0.2) is 0 Å². The zero-order chi connectivity index (χ0) is 15.8. The molecule has 1 aromatic carbocycles. The highest BCUT2D eigenvalue weighted by Crippen LogP contribution is 2.27. The van der Waals surface area contributed by atoms with E-state index >= 15 is 0 Å². The van der Waals surface area contributed by atoms with Crippen LogP contribution in [0, 0.1) is 0 Å². The molecule has 2 aromatic rings. The molecule has 2 rings (SSSR count). The van der Waals surface area contributed by atoms with E-state index in [9.17, 15) is 0 Å². The molecule has 0 radical (unpaired) electrons. The number of nitrogens with two attached hydrogens (primary N) is 1. The lowest BCUT2D eigenvalue weighted by atomic mass is 9.92. The summed E-state index contributed by atoms with van der Waals surface area (Å²) in [5.41, 5.74) is 8.85. The van der Waals surface area contributed by atoms with Gasteiger partial charge in [0.25, 0.3) is 0 Å². The van der Waals surface area contributed by atoms with E-state index in [1.165, 1.54) is 0 Å². The van der Waals surface area contributed by atoms with Gasteiger partial charge in [-0.15, -0.1) is 0 Å². The number of para-hydroxylation sites is 2. The summed E-state index contributed by atoms with van der Waals surface area (Å²) in [5, 5.41) is 7.06. The molecule has 1 heterocycles. The maximum atomic E-state index is 5.59. The van der Waals surface area contributed by atoms with Gasteiger partial charge in [0.05, 0.1) is 11.4 Å². The van der Waals surface area contributed by atoms with Crippen LogP contribution in [0.15, 0.2) is 48.7 Å². The average Bonchev–Trinajstić information content (AvgIpc) is 2.55. The predicted octanol–water partition coefficient (Wildman–Crippen LogP) is 3.28. The van der Waals surface area contributed by atoms with Crippen molar-refractivity contribution in [3.05, 3.63) is 54.4 Å². The van der Waals surface area contributed by atoms with Crippen molar-refractivity contribution in [1.29, 1.82) is 0 Å². The van der Waals surface area contributed by atoms with Gasteiger partial charge >= 0.3 is 0 Å². The minimum Gasteiger partial charge on any atom is -0.382 e. The van der Waals surface area contributed by atoms with E-state index in [-0.39, 0.29) is 5.54 Å². The first-order valence-corrected chi connectivity index (χ1v) is 7.88. The number of hydrogen-bond donors (Lipinski definition) is 3. The first-order valence-electron chi connectivity index (χ1n) is 7.88. The summed E-state index contributed by atoms with van der Waals surface area (Å²) in [6.45, 7) is 5.82. The molecule has 0 aliphatic carbocycles. The van der Waals surface area contributed by atoms with Crippen LogP contribution in [0.4, 0.5) is 11.4 Å². The van der Waals surface area contributed by atoms with Crippen molar-refractivity contribution in [3.8, 4) is 0 Å². The average molecular weight is 298 g/mol. The van der Waals surface area contributed by atoms with E-state index in [2.05, 4.69) is 47.7 Å². The lowest BCUT2D eigenvalue weighted by molar-refractivity contribution is 0.486. The fourth-order valence-electron chi connectivity index (χ4n) is 2.44. The Morgan fingerprint density at radius 3 is 2.45 bits per heavy atom. The minimum atomic E-state index is -0.0468. The third kappa shape index (κ3) is 4.46. The molecule has 4 heteroatoms. The summed E-state index contributed by atoms with van der Waals surface area (Å²) in [5.74, 6) is 0. The van der Waals surface area contributed by atoms with E-state index in [4.69, 9.17) is 5.73 Å². The van der Waals surface area contributed by atoms with Crippen LogP contribution in [-0.2, 0) is 6.42 Å². The van der Waals surface area contributed by atoms with Crippen molar-refractivity contribution in [2.45, 2.75) is 32.2 Å². The third-order valence-corrected chi connectivity index (χ3v) is 3.90. The Bertz CT molecular complexity index is 570. The summed E-state index contributed by atoms with van der Waals surface area (Å²) >= 11 is 0. The fraction of sp³-hybridized carbons (Fsp3) is 0.389. The molecule has 0 aliphatic heterocycles. The Morgan fingerprint density at radius 1 is 1.09 bits per heavy atom. The largest absolute Gasteiger partial charge is 0.382 e. The summed E-state index contributed by atoms with van der Waals surface area (Å²) in [6, 6.07) is 14.3. The second kappa shape index (κ2) is 7.80. The number of nitrogens with one attached hydrogen (secondary N) is 2. The van der Waals surface area contributed by atoms with Gasteiger partial charge in [-0.1, -0.05) is 25.1 Å². The van der Waals surface area contributed by atoms with E-state index in [1.807, 2.05) is 30.5 Å². The van der Waals surface area contributed by atoms with E-state index in [1.54, 1.807) is 0 Å². The van der Waals surface area contributed by atoms with Crippen LogP contribution in [-0.4, -0.2) is 23.6 Å². The Labute approximate surface area is 133 Å². The van der Waals surface area contributed by atoms with Gasteiger partial charge in [-0.2, -0.15) is 0 Å². The second-order valence-electron chi connectivity index (χ2n) is 5.80. The van der Waals surface area contributed by atoms with Crippen molar-refractivity contribution in [1.82, 2.24) is 4.98 Å². The molecule has 0 saturated carbocycles. The number of hydrogen-bond acceptors (Lipinski definition) is 4. The number of pyridine rings is 1. The maximum Gasteiger partial charge on any atom is 0.0580 e. The van der Waals surface area contributed by atoms with Crippen LogP contribution >= 0.6 is 0 Å². The minimum absolute atomic E-state index is 0.0468. The van der Waals surface area contributed by atoms with Gasteiger partial charge in [-0.05, 0) is 37.6 Å². The number of benzene rings is 1. The van der Waals surface area contributed by atoms with Gasteiger partial charge in [0.1, 0.15) is 0 Å². The van der Waals surface area contributed by atoms with Crippen molar-refractivity contribution in [2.24, 2.45) is 5.73 Å². The second-order valence-corrected chi connectivity index (χ2v) is 5.80. The molecule has 1 atom stereocenters. The van der Waals surface area contributed by atoms with Crippen molar-refractivity contribution in [3.63, 3.8) is 0 Å². The monoisotopic (exact) mass is 298 g/mol. The third-order valence-electron chi connectivity index (χ3n) is 3.90. The Morgan fingerprint density at radius 2 is 1.82 bits per heavy atom. The number of rotatable bonds is 8. The van der Waals surface area contributed by atoms with E-state index < -0.39 is 0 Å². The molecule has 0 spiro atoms. The maximum absolute atomic E-state index is 5.59. The molecule has 0 saturated heterocycles. The van der Waals surface area contributed by atoms with E-state index in [0.29, 0.717) is 6.54 Å². The normalized spacial score (nSPS) is 13.4. The molecule has 1 unspecified atom stereocenters. The van der Waals surface area contributed by atoms with Gasteiger partial charge in [-0.25, -0.2) is 0 Å². The molecule has 118 valence electrons. The summed E-state index contributed by atoms with van der Waals surface area (Å²) < 4.78 is 0. The highest BCUT2D eigenvalue weighted by molar-refractivity contribution is 5.69. The standard InChI is InChI=1S/C18H26N4/c1-3-18(2,14-15-8-6-7-12-20-15)22-17-10-5-4-9-16(17)21-13-11-19/h4-10,12,21-22H,3,11,13-14,19H2,1-2H3. The fourth-order valence-corrected chi connectivity index (χ4v) is 2.44. The van der Waals surface area contributed by atoms with Crippen molar-refractivity contribution < 1.29 is 0 Å². The molecule has 0 bridgehead atoms. The van der Waals surface area contributed by atoms with Crippen LogP contribution in [0.25, 0.3) is 0 Å². The lowest BCUT2D eigenvalue weighted by Gasteiger charge is -2.32. The molecular weight excluding hydrogens is 272 g/mol. The smallest absolute Gasteiger partial charge is 0.0580 e. The van der Waals surface area contributed by atoms with Crippen LogP contribution in [0.2, 0.25) is 0 Å². The molecule has 0 fully saturated rings. The van der Waals surface area contributed by atoms with Gasteiger partial charge in [0, 0.05) is 36.9 Å². The molecule has 22 heavy (non-hydrogen) atoms. The number of aromatic nitrogens is 1. The van der Waals surface area contributed by atoms with Gasteiger partial charge in [-0.3, -0.25) is 4.98 Å². The Balaban J connectivity index is 2.15. The zero-order valence-corrected chi connectivity index (χ0v) is 13.5. The highest BCUT2D eigenvalue weighted by Gasteiger charge is 2.23. The predicted molar refractivity (Wildman–Crippen MR) is 94.2 cm³/mol. The summed E-state index contributed by atoms with van der Waals surface area (Å²) in [4.78, 5) is 4.45. The highest BCUT2D eigenvalue weighted by atomic mass is 15.0. The quantitative estimate of drug-likeness (QED) is 0.700. The van der Waals surface area contributed by atoms with Crippen LogP contribution < -0.4 is 16.4 Å². The molecule has 4 nitrogen and oxygen atoms in total.